The van der Waals surface area contributed by atoms with Crippen LogP contribution < -0.4 is 15.5 Å². The van der Waals surface area contributed by atoms with Crippen molar-refractivity contribution in [3.05, 3.63) is 48.4 Å². The standard InChI is InChI=1S/C25H25F2N9O/c26-18-4-7-35(13-18)15-23(37)34-22-2-1-20(12-30-22)32-25-29-6-3-21(33-25)17-9-16(10-28)24(31-11-17)36-8-5-19(27)14-36/h1-3,6,9,11-12,18-19H,4-5,7-8,13-15H2,(H,29,32,33)(H,30,34,37). The van der Waals surface area contributed by atoms with Gasteiger partial charge < -0.3 is 15.5 Å². The molecule has 0 bridgehead atoms. The van der Waals surface area contributed by atoms with Crippen LogP contribution in [0.5, 0.6) is 0 Å². The molecule has 0 aliphatic carbocycles. The van der Waals surface area contributed by atoms with Gasteiger partial charge in [-0.25, -0.2) is 28.7 Å². The molecule has 190 valence electrons. The number of anilines is 4. The summed E-state index contributed by atoms with van der Waals surface area (Å²) in [6.07, 6.45) is 3.83. The van der Waals surface area contributed by atoms with Gasteiger partial charge >= 0.3 is 0 Å². The van der Waals surface area contributed by atoms with Crippen molar-refractivity contribution in [3.8, 4) is 17.3 Å². The molecule has 0 spiro atoms. The van der Waals surface area contributed by atoms with Crippen LogP contribution in [0.2, 0.25) is 0 Å². The average Bonchev–Trinajstić information content (AvgIpc) is 3.52. The number of nitrogens with zero attached hydrogens (tertiary/aromatic N) is 7. The number of likely N-dealkylation sites (tertiary alicyclic amines) is 1. The Labute approximate surface area is 212 Å². The van der Waals surface area contributed by atoms with Gasteiger partial charge in [-0.15, -0.1) is 0 Å². The molecule has 37 heavy (non-hydrogen) atoms. The Hall–Kier alpha value is -4.24. The predicted octanol–water partition coefficient (Wildman–Crippen LogP) is 3.08. The van der Waals surface area contributed by atoms with Gasteiger partial charge in [0.2, 0.25) is 11.9 Å². The lowest BCUT2D eigenvalue weighted by molar-refractivity contribution is -0.117. The molecular weight excluding hydrogens is 480 g/mol. The van der Waals surface area contributed by atoms with Crippen LogP contribution in [0, 0.1) is 11.3 Å². The number of halogens is 2. The van der Waals surface area contributed by atoms with Crippen LogP contribution in [0.4, 0.5) is 32.1 Å². The number of alkyl halides is 2. The van der Waals surface area contributed by atoms with E-state index in [4.69, 9.17) is 0 Å². The molecule has 1 amide bonds. The lowest BCUT2D eigenvalue weighted by Gasteiger charge is -2.18. The molecule has 2 atom stereocenters. The van der Waals surface area contributed by atoms with Crippen molar-refractivity contribution in [2.24, 2.45) is 0 Å². The van der Waals surface area contributed by atoms with E-state index >= 15 is 0 Å². The Morgan fingerprint density at radius 3 is 2.62 bits per heavy atom. The number of carbonyl (C=O) groups excluding carboxylic acids is 1. The summed E-state index contributed by atoms with van der Waals surface area (Å²) < 4.78 is 26.9. The SMILES string of the molecule is N#Cc1cc(-c2ccnc(Nc3ccc(NC(=O)CN4CCC(F)C4)nc3)n2)cnc1N1CCC(F)C1. The molecule has 2 saturated heterocycles. The van der Waals surface area contributed by atoms with Crippen LogP contribution in [-0.2, 0) is 4.79 Å². The fraction of sp³-hybridized carbons (Fsp3) is 0.360. The van der Waals surface area contributed by atoms with Crippen molar-refractivity contribution in [2.45, 2.75) is 25.2 Å². The number of hydrogen-bond donors (Lipinski definition) is 2. The Balaban J connectivity index is 1.23. The molecule has 2 N–H and O–H groups in total. The Bertz CT molecular complexity index is 1310. The molecule has 12 heteroatoms. The number of hydrogen-bond acceptors (Lipinski definition) is 9. The van der Waals surface area contributed by atoms with Crippen LogP contribution in [0.15, 0.2) is 42.9 Å². The minimum atomic E-state index is -0.913. The van der Waals surface area contributed by atoms with E-state index in [9.17, 15) is 18.8 Å². The van der Waals surface area contributed by atoms with Crippen molar-refractivity contribution in [3.63, 3.8) is 0 Å². The summed E-state index contributed by atoms with van der Waals surface area (Å²) in [7, 11) is 0. The van der Waals surface area contributed by atoms with E-state index in [1.807, 2.05) is 0 Å². The van der Waals surface area contributed by atoms with E-state index in [1.165, 1.54) is 6.20 Å². The van der Waals surface area contributed by atoms with E-state index in [1.54, 1.807) is 46.5 Å². The summed E-state index contributed by atoms with van der Waals surface area (Å²) in [5.41, 5.74) is 2.16. The van der Waals surface area contributed by atoms with Crippen LogP contribution in [0.25, 0.3) is 11.3 Å². The number of rotatable bonds is 7. The monoisotopic (exact) mass is 505 g/mol. The molecule has 0 saturated carbocycles. The lowest BCUT2D eigenvalue weighted by Crippen LogP contribution is -2.32. The molecule has 3 aromatic heterocycles. The molecule has 2 unspecified atom stereocenters. The molecule has 2 fully saturated rings. The summed E-state index contributed by atoms with van der Waals surface area (Å²) in [6.45, 7) is 1.73. The molecule has 2 aliphatic rings. The van der Waals surface area contributed by atoms with Gasteiger partial charge in [-0.1, -0.05) is 0 Å². The van der Waals surface area contributed by atoms with Crippen molar-refractivity contribution in [1.82, 2.24) is 24.8 Å². The third-order valence-electron chi connectivity index (χ3n) is 6.24. The van der Waals surface area contributed by atoms with E-state index in [-0.39, 0.29) is 25.5 Å². The molecule has 5 rings (SSSR count). The summed E-state index contributed by atoms with van der Waals surface area (Å²) in [6, 6.07) is 8.92. The minimum Gasteiger partial charge on any atom is -0.352 e. The first-order valence-corrected chi connectivity index (χ1v) is 12.0. The van der Waals surface area contributed by atoms with E-state index in [0.29, 0.717) is 66.0 Å². The van der Waals surface area contributed by atoms with Crippen LogP contribution in [0.1, 0.15) is 18.4 Å². The summed E-state index contributed by atoms with van der Waals surface area (Å²) in [5.74, 6) is 0.926. The maximum atomic E-state index is 13.6. The van der Waals surface area contributed by atoms with Crippen molar-refractivity contribution in [1.29, 1.82) is 5.26 Å². The minimum absolute atomic E-state index is 0.125. The Morgan fingerprint density at radius 2 is 1.92 bits per heavy atom. The predicted molar refractivity (Wildman–Crippen MR) is 134 cm³/mol. The van der Waals surface area contributed by atoms with Gasteiger partial charge in [-0.05, 0) is 37.1 Å². The summed E-state index contributed by atoms with van der Waals surface area (Å²) >= 11 is 0. The van der Waals surface area contributed by atoms with Gasteiger partial charge in [-0.2, -0.15) is 5.26 Å². The van der Waals surface area contributed by atoms with E-state index < -0.39 is 12.3 Å². The largest absolute Gasteiger partial charge is 0.352 e. The number of amides is 1. The molecule has 2 aliphatic heterocycles. The molecule has 5 heterocycles. The first kappa shape index (κ1) is 24.5. The summed E-state index contributed by atoms with van der Waals surface area (Å²) in [4.78, 5) is 33.1. The van der Waals surface area contributed by atoms with E-state index in [2.05, 4.69) is 36.6 Å². The number of aromatic nitrogens is 4. The van der Waals surface area contributed by atoms with Crippen LogP contribution in [-0.4, -0.2) is 75.8 Å². The zero-order valence-corrected chi connectivity index (χ0v) is 19.9. The second-order valence-corrected chi connectivity index (χ2v) is 9.03. The van der Waals surface area contributed by atoms with E-state index in [0.717, 1.165) is 0 Å². The van der Waals surface area contributed by atoms with Crippen LogP contribution >= 0.6 is 0 Å². The van der Waals surface area contributed by atoms with Gasteiger partial charge in [0, 0.05) is 37.6 Å². The van der Waals surface area contributed by atoms with Gasteiger partial charge in [0.05, 0.1) is 36.2 Å². The van der Waals surface area contributed by atoms with Gasteiger partial charge in [-0.3, -0.25) is 9.69 Å². The Kier molecular flexibility index (Phi) is 7.14. The Morgan fingerprint density at radius 1 is 1.08 bits per heavy atom. The molecule has 0 radical (unpaired) electrons. The third kappa shape index (κ3) is 5.95. The third-order valence-corrected chi connectivity index (χ3v) is 6.24. The van der Waals surface area contributed by atoms with Crippen molar-refractivity contribution >= 4 is 29.2 Å². The second kappa shape index (κ2) is 10.8. The fourth-order valence-corrected chi connectivity index (χ4v) is 4.41. The van der Waals surface area contributed by atoms with Crippen molar-refractivity contribution < 1.29 is 13.6 Å². The smallest absolute Gasteiger partial charge is 0.239 e. The quantitative estimate of drug-likeness (QED) is 0.499. The molecule has 3 aromatic rings. The first-order valence-electron chi connectivity index (χ1n) is 12.0. The highest BCUT2D eigenvalue weighted by Gasteiger charge is 2.25. The van der Waals surface area contributed by atoms with Gasteiger partial charge in [0.1, 0.15) is 30.0 Å². The van der Waals surface area contributed by atoms with Gasteiger partial charge in [0.15, 0.2) is 0 Å². The van der Waals surface area contributed by atoms with Crippen LogP contribution in [0.3, 0.4) is 0 Å². The highest BCUT2D eigenvalue weighted by molar-refractivity contribution is 5.91. The maximum absolute atomic E-state index is 13.6. The highest BCUT2D eigenvalue weighted by Crippen LogP contribution is 2.27. The normalized spacial score (nSPS) is 19.5. The average molecular weight is 506 g/mol. The number of pyridine rings is 2. The maximum Gasteiger partial charge on any atom is 0.239 e. The highest BCUT2D eigenvalue weighted by atomic mass is 19.1. The molecule has 10 nitrogen and oxygen atoms in total. The first-order chi connectivity index (χ1) is 18.0. The lowest BCUT2D eigenvalue weighted by atomic mass is 10.1. The zero-order chi connectivity index (χ0) is 25.8. The van der Waals surface area contributed by atoms with Crippen molar-refractivity contribution in [2.75, 3.05) is 48.3 Å². The van der Waals surface area contributed by atoms with Gasteiger partial charge in [0.25, 0.3) is 0 Å². The number of nitrogens with one attached hydrogen (secondary N) is 2. The second-order valence-electron chi connectivity index (χ2n) is 9.03. The molecular formula is C25H25F2N9O. The number of nitriles is 1. The fourth-order valence-electron chi connectivity index (χ4n) is 4.41. The zero-order valence-electron chi connectivity index (χ0n) is 19.9. The topological polar surface area (TPSA) is 123 Å². The molecule has 0 aromatic carbocycles. The number of carbonyl (C=O) groups is 1. The summed E-state index contributed by atoms with van der Waals surface area (Å²) in [5, 5.41) is 15.4.